The highest BCUT2D eigenvalue weighted by atomic mass is 35.5. The first-order chi connectivity index (χ1) is 8.60. The van der Waals surface area contributed by atoms with Crippen LogP contribution in [0.4, 0.5) is 11.4 Å². The normalized spacial score (nSPS) is 10.3. The van der Waals surface area contributed by atoms with Gasteiger partial charge in [0.15, 0.2) is 5.69 Å². The maximum absolute atomic E-state index is 12.0. The zero-order valence-corrected chi connectivity index (χ0v) is 10.6. The maximum atomic E-state index is 12.0. The average molecular weight is 265 g/mol. The van der Waals surface area contributed by atoms with Crippen molar-refractivity contribution >= 4 is 28.9 Å². The van der Waals surface area contributed by atoms with Crippen molar-refractivity contribution in [3.63, 3.8) is 0 Å². The van der Waals surface area contributed by atoms with Crippen LogP contribution in [-0.2, 0) is 6.54 Å². The number of hydrogen-bond acceptors (Lipinski definition) is 3. The third kappa shape index (κ3) is 2.62. The number of nitrogens with two attached hydrogens (primary N) is 1. The van der Waals surface area contributed by atoms with Crippen molar-refractivity contribution in [2.45, 2.75) is 13.5 Å². The third-order valence-corrected chi connectivity index (χ3v) is 2.65. The molecule has 0 aliphatic rings. The molecule has 0 unspecified atom stereocenters. The van der Waals surface area contributed by atoms with Crippen LogP contribution in [0.1, 0.15) is 17.4 Å². The van der Waals surface area contributed by atoms with E-state index in [4.69, 9.17) is 17.3 Å². The topological polar surface area (TPSA) is 72.9 Å². The fourth-order valence-electron chi connectivity index (χ4n) is 1.53. The summed E-state index contributed by atoms with van der Waals surface area (Å²) in [4.78, 5) is 12.0. The molecule has 0 aliphatic carbocycles. The highest BCUT2D eigenvalue weighted by Crippen LogP contribution is 2.17. The Morgan fingerprint density at radius 2 is 2.33 bits per heavy atom. The van der Waals surface area contributed by atoms with Gasteiger partial charge in [-0.05, 0) is 25.1 Å². The van der Waals surface area contributed by atoms with E-state index in [9.17, 15) is 4.79 Å². The van der Waals surface area contributed by atoms with E-state index >= 15 is 0 Å². The number of carbonyl (C=O) groups excluding carboxylic acids is 1. The van der Waals surface area contributed by atoms with Gasteiger partial charge in [0, 0.05) is 23.5 Å². The van der Waals surface area contributed by atoms with Crippen LogP contribution in [0.25, 0.3) is 0 Å². The van der Waals surface area contributed by atoms with Crippen molar-refractivity contribution in [2.24, 2.45) is 0 Å². The second kappa shape index (κ2) is 5.10. The number of carbonyl (C=O) groups is 1. The van der Waals surface area contributed by atoms with E-state index in [0.29, 0.717) is 22.9 Å². The number of nitrogens with one attached hydrogen (secondary N) is 1. The van der Waals surface area contributed by atoms with Crippen LogP contribution in [0.2, 0.25) is 5.02 Å². The molecule has 0 aliphatic heterocycles. The lowest BCUT2D eigenvalue weighted by atomic mass is 10.3. The van der Waals surface area contributed by atoms with Gasteiger partial charge in [-0.1, -0.05) is 17.7 Å². The minimum absolute atomic E-state index is 0.219. The van der Waals surface area contributed by atoms with Gasteiger partial charge in [-0.3, -0.25) is 9.48 Å². The summed E-state index contributed by atoms with van der Waals surface area (Å²) in [5.41, 5.74) is 6.92. The zero-order valence-electron chi connectivity index (χ0n) is 9.85. The van der Waals surface area contributed by atoms with E-state index in [1.807, 2.05) is 6.92 Å². The molecule has 18 heavy (non-hydrogen) atoms. The van der Waals surface area contributed by atoms with E-state index in [2.05, 4.69) is 10.4 Å². The molecule has 0 fully saturated rings. The predicted molar refractivity (Wildman–Crippen MR) is 71.7 cm³/mol. The van der Waals surface area contributed by atoms with Gasteiger partial charge in [-0.15, -0.1) is 0 Å². The molecule has 2 rings (SSSR count). The molecule has 6 heteroatoms. The van der Waals surface area contributed by atoms with Crippen LogP contribution < -0.4 is 11.1 Å². The second-order valence-corrected chi connectivity index (χ2v) is 4.19. The number of rotatable bonds is 3. The Labute approximate surface area is 110 Å². The first-order valence-electron chi connectivity index (χ1n) is 5.50. The van der Waals surface area contributed by atoms with Crippen molar-refractivity contribution < 1.29 is 4.79 Å². The fourth-order valence-corrected chi connectivity index (χ4v) is 1.72. The number of nitrogen functional groups attached to an aromatic ring is 1. The number of nitrogens with zero attached hydrogens (tertiary/aromatic N) is 2. The Balaban J connectivity index is 2.19. The highest BCUT2D eigenvalue weighted by Gasteiger charge is 2.14. The summed E-state index contributed by atoms with van der Waals surface area (Å²) in [6.45, 7) is 2.58. The molecule has 3 N–H and O–H groups in total. The van der Waals surface area contributed by atoms with Crippen molar-refractivity contribution in [3.05, 3.63) is 41.2 Å². The molecule has 0 saturated carbocycles. The molecule has 0 bridgehead atoms. The highest BCUT2D eigenvalue weighted by molar-refractivity contribution is 6.31. The summed E-state index contributed by atoms with van der Waals surface area (Å²) in [5.74, 6) is -0.345. The van der Waals surface area contributed by atoms with E-state index in [1.165, 1.54) is 0 Å². The molecule has 1 aromatic heterocycles. The molecular weight excluding hydrogens is 252 g/mol. The standard InChI is InChI=1S/C12H13ClN4O/c1-2-17-7-10(14)11(16-17)12(18)15-9-5-3-4-8(13)6-9/h3-7H,2,14H2,1H3,(H,15,18). The molecule has 1 heterocycles. The van der Waals surface area contributed by atoms with Crippen molar-refractivity contribution in [3.8, 4) is 0 Å². The largest absolute Gasteiger partial charge is 0.396 e. The molecule has 94 valence electrons. The minimum Gasteiger partial charge on any atom is -0.396 e. The van der Waals surface area contributed by atoms with Crippen LogP contribution in [0.15, 0.2) is 30.5 Å². The molecule has 2 aromatic rings. The minimum atomic E-state index is -0.345. The number of hydrogen-bond donors (Lipinski definition) is 2. The Morgan fingerprint density at radius 3 is 2.94 bits per heavy atom. The number of amides is 1. The summed E-state index contributed by atoms with van der Waals surface area (Å²) < 4.78 is 1.61. The van der Waals surface area contributed by atoms with Crippen molar-refractivity contribution in [2.75, 3.05) is 11.1 Å². The maximum Gasteiger partial charge on any atom is 0.278 e. The van der Waals surface area contributed by atoms with Gasteiger partial charge in [0.1, 0.15) is 0 Å². The Morgan fingerprint density at radius 1 is 1.56 bits per heavy atom. The number of anilines is 2. The SMILES string of the molecule is CCn1cc(N)c(C(=O)Nc2cccc(Cl)c2)n1. The molecule has 5 nitrogen and oxygen atoms in total. The van der Waals surface area contributed by atoms with Gasteiger partial charge in [-0.25, -0.2) is 0 Å². The quantitative estimate of drug-likeness (QED) is 0.894. The number of aryl methyl sites for hydroxylation is 1. The van der Waals surface area contributed by atoms with Gasteiger partial charge in [0.25, 0.3) is 5.91 Å². The third-order valence-electron chi connectivity index (χ3n) is 2.41. The van der Waals surface area contributed by atoms with Gasteiger partial charge in [0.2, 0.25) is 0 Å². The van der Waals surface area contributed by atoms with Crippen LogP contribution in [0, 0.1) is 0 Å². The molecular formula is C12H13ClN4O. The number of benzene rings is 1. The molecule has 0 radical (unpaired) electrons. The average Bonchev–Trinajstić information content (AvgIpc) is 2.70. The van der Waals surface area contributed by atoms with Crippen LogP contribution >= 0.6 is 11.6 Å². The van der Waals surface area contributed by atoms with Gasteiger partial charge < -0.3 is 11.1 Å². The smallest absolute Gasteiger partial charge is 0.278 e. The van der Waals surface area contributed by atoms with Gasteiger partial charge >= 0.3 is 0 Å². The lowest BCUT2D eigenvalue weighted by Crippen LogP contribution is -2.14. The van der Waals surface area contributed by atoms with Crippen LogP contribution in [-0.4, -0.2) is 15.7 Å². The molecule has 0 saturated heterocycles. The summed E-state index contributed by atoms with van der Waals surface area (Å²) in [7, 11) is 0. The Bertz CT molecular complexity index is 579. The Hall–Kier alpha value is -2.01. The van der Waals surface area contributed by atoms with Crippen LogP contribution in [0.3, 0.4) is 0 Å². The number of halogens is 1. The van der Waals surface area contributed by atoms with Crippen LogP contribution in [0.5, 0.6) is 0 Å². The lowest BCUT2D eigenvalue weighted by molar-refractivity contribution is 0.102. The van der Waals surface area contributed by atoms with E-state index in [0.717, 1.165) is 0 Å². The molecule has 1 amide bonds. The summed E-state index contributed by atoms with van der Waals surface area (Å²) in [6.07, 6.45) is 1.63. The predicted octanol–water partition coefficient (Wildman–Crippen LogP) is 2.39. The zero-order chi connectivity index (χ0) is 13.1. The monoisotopic (exact) mass is 264 g/mol. The molecule has 1 aromatic carbocycles. The molecule has 0 spiro atoms. The summed E-state index contributed by atoms with van der Waals surface area (Å²) >= 11 is 5.84. The Kier molecular flexibility index (Phi) is 3.53. The summed E-state index contributed by atoms with van der Waals surface area (Å²) in [6, 6.07) is 6.90. The lowest BCUT2D eigenvalue weighted by Gasteiger charge is -2.03. The summed E-state index contributed by atoms with van der Waals surface area (Å²) in [5, 5.41) is 7.35. The van der Waals surface area contributed by atoms with Gasteiger partial charge in [0.05, 0.1) is 5.69 Å². The van der Waals surface area contributed by atoms with Crippen molar-refractivity contribution in [1.82, 2.24) is 9.78 Å². The van der Waals surface area contributed by atoms with Crippen molar-refractivity contribution in [1.29, 1.82) is 0 Å². The number of aromatic nitrogens is 2. The van der Waals surface area contributed by atoms with E-state index in [1.54, 1.807) is 35.1 Å². The molecule has 0 atom stereocenters. The first kappa shape index (κ1) is 12.4. The van der Waals surface area contributed by atoms with E-state index in [-0.39, 0.29) is 11.6 Å². The van der Waals surface area contributed by atoms with E-state index < -0.39 is 0 Å². The van der Waals surface area contributed by atoms with Gasteiger partial charge in [-0.2, -0.15) is 5.10 Å². The first-order valence-corrected chi connectivity index (χ1v) is 5.87. The fraction of sp³-hybridized carbons (Fsp3) is 0.167. The second-order valence-electron chi connectivity index (χ2n) is 3.75.